The minimum absolute atomic E-state index is 0.202. The molecule has 0 radical (unpaired) electrons. The van der Waals surface area contributed by atoms with Crippen LogP contribution in [0.15, 0.2) is 42.2 Å². The van der Waals surface area contributed by atoms with Crippen molar-refractivity contribution in [2.45, 2.75) is 6.92 Å². The first kappa shape index (κ1) is 14.7. The molecule has 0 aromatic heterocycles. The van der Waals surface area contributed by atoms with E-state index in [1.807, 2.05) is 0 Å². The number of carbonyl (C=O) groups is 3. The van der Waals surface area contributed by atoms with Crippen LogP contribution in [0, 0.1) is 5.92 Å². The molecule has 0 saturated carbocycles. The number of esters is 1. The lowest BCUT2D eigenvalue weighted by molar-refractivity contribution is -0.151. The van der Waals surface area contributed by atoms with E-state index in [4.69, 9.17) is 9.47 Å². The minimum atomic E-state index is -1.40. The number of rotatable bonds is 4. The van der Waals surface area contributed by atoms with Gasteiger partial charge in [-0.1, -0.05) is 18.2 Å². The van der Waals surface area contributed by atoms with Crippen LogP contribution in [-0.2, 0) is 19.1 Å². The Hall–Kier alpha value is -2.69. The summed E-state index contributed by atoms with van der Waals surface area (Å²) in [6.07, 6.45) is 3.90. The van der Waals surface area contributed by atoms with E-state index in [9.17, 15) is 14.4 Å². The van der Waals surface area contributed by atoms with Gasteiger partial charge in [0.15, 0.2) is 17.5 Å². The van der Waals surface area contributed by atoms with Gasteiger partial charge in [-0.2, -0.15) is 0 Å². The first-order valence-electron chi connectivity index (χ1n) is 6.31. The van der Waals surface area contributed by atoms with Gasteiger partial charge in [-0.25, -0.2) is 0 Å². The van der Waals surface area contributed by atoms with Crippen LogP contribution in [0.5, 0.6) is 5.75 Å². The molecule has 21 heavy (non-hydrogen) atoms. The summed E-state index contributed by atoms with van der Waals surface area (Å²) < 4.78 is 9.83. The fourth-order valence-corrected chi connectivity index (χ4v) is 1.89. The van der Waals surface area contributed by atoms with Gasteiger partial charge in [-0.05, 0) is 30.7 Å². The van der Waals surface area contributed by atoms with E-state index in [-0.39, 0.29) is 5.76 Å². The fraction of sp³-hybridized carbons (Fsp3) is 0.188. The summed E-state index contributed by atoms with van der Waals surface area (Å²) in [6, 6.07) is 7.01. The molecular formula is C16H14O5. The third kappa shape index (κ3) is 3.45. The van der Waals surface area contributed by atoms with E-state index in [0.717, 1.165) is 11.6 Å². The zero-order valence-electron chi connectivity index (χ0n) is 11.7. The van der Waals surface area contributed by atoms with Crippen LogP contribution < -0.4 is 4.74 Å². The van der Waals surface area contributed by atoms with Crippen LogP contribution in [0.3, 0.4) is 0 Å². The topological polar surface area (TPSA) is 69.7 Å². The van der Waals surface area contributed by atoms with Gasteiger partial charge in [0.1, 0.15) is 11.5 Å². The predicted octanol–water partition coefficient (Wildman–Crippen LogP) is 1.92. The second-order valence-electron chi connectivity index (χ2n) is 4.52. The minimum Gasteiger partial charge on any atom is -0.497 e. The highest BCUT2D eigenvalue weighted by atomic mass is 16.5. The summed E-state index contributed by atoms with van der Waals surface area (Å²) in [5, 5.41) is 0. The summed E-state index contributed by atoms with van der Waals surface area (Å²) in [5.41, 5.74) is 0.757. The van der Waals surface area contributed by atoms with Crippen LogP contribution in [-0.4, -0.2) is 24.6 Å². The SMILES string of the molecule is COc1ccc(C=CC(=O)C2C(=O)C=C(C)OC2=O)cc1. The highest BCUT2D eigenvalue weighted by molar-refractivity contribution is 6.25. The molecule has 0 saturated heterocycles. The van der Waals surface area contributed by atoms with E-state index in [1.165, 1.54) is 19.1 Å². The number of ketones is 2. The lowest BCUT2D eigenvalue weighted by atomic mass is 9.96. The summed E-state index contributed by atoms with van der Waals surface area (Å²) in [5.74, 6) is -2.47. The number of hydrogen-bond donors (Lipinski definition) is 0. The standard InChI is InChI=1S/C16H14O5/c1-10-9-14(18)15(16(19)21-10)13(17)8-5-11-3-6-12(20-2)7-4-11/h3-9,15H,1-2H3. The molecule has 1 aromatic rings. The molecule has 108 valence electrons. The van der Waals surface area contributed by atoms with Crippen LogP contribution >= 0.6 is 0 Å². The molecule has 1 unspecified atom stereocenters. The molecule has 0 bridgehead atoms. The molecule has 0 amide bonds. The van der Waals surface area contributed by atoms with Crippen molar-refractivity contribution >= 4 is 23.6 Å². The Balaban J connectivity index is 2.11. The summed E-state index contributed by atoms with van der Waals surface area (Å²) in [4.78, 5) is 35.3. The van der Waals surface area contributed by atoms with Crippen molar-refractivity contribution in [1.82, 2.24) is 0 Å². The van der Waals surface area contributed by atoms with Crippen LogP contribution in [0.4, 0.5) is 0 Å². The number of benzene rings is 1. The molecule has 1 atom stereocenters. The van der Waals surface area contributed by atoms with Crippen molar-refractivity contribution in [3.8, 4) is 5.75 Å². The van der Waals surface area contributed by atoms with E-state index in [2.05, 4.69) is 0 Å². The Morgan fingerprint density at radius 2 is 1.90 bits per heavy atom. The first-order chi connectivity index (χ1) is 10.0. The molecule has 0 spiro atoms. The van der Waals surface area contributed by atoms with Gasteiger partial charge in [0, 0.05) is 6.08 Å². The van der Waals surface area contributed by atoms with Gasteiger partial charge >= 0.3 is 5.97 Å². The summed E-state index contributed by atoms with van der Waals surface area (Å²) >= 11 is 0. The van der Waals surface area contributed by atoms with E-state index in [1.54, 1.807) is 31.4 Å². The van der Waals surface area contributed by atoms with E-state index in [0.29, 0.717) is 5.75 Å². The number of allylic oxidation sites excluding steroid dienone is 3. The molecule has 1 aliphatic rings. The van der Waals surface area contributed by atoms with Crippen LogP contribution in [0.2, 0.25) is 0 Å². The Morgan fingerprint density at radius 1 is 1.24 bits per heavy atom. The van der Waals surface area contributed by atoms with Gasteiger partial charge in [0.25, 0.3) is 0 Å². The normalized spacial score (nSPS) is 18.4. The third-order valence-electron chi connectivity index (χ3n) is 2.97. The fourth-order valence-electron chi connectivity index (χ4n) is 1.89. The molecule has 0 N–H and O–H groups in total. The number of cyclic esters (lactones) is 1. The molecule has 0 aliphatic carbocycles. The zero-order valence-corrected chi connectivity index (χ0v) is 11.7. The van der Waals surface area contributed by atoms with Gasteiger partial charge in [0.2, 0.25) is 0 Å². The van der Waals surface area contributed by atoms with E-state index < -0.39 is 23.5 Å². The van der Waals surface area contributed by atoms with Crippen molar-refractivity contribution in [3.05, 3.63) is 47.7 Å². The predicted molar refractivity (Wildman–Crippen MR) is 75.4 cm³/mol. The van der Waals surface area contributed by atoms with Gasteiger partial charge < -0.3 is 9.47 Å². The highest BCUT2D eigenvalue weighted by Crippen LogP contribution is 2.17. The molecule has 1 aromatic carbocycles. The van der Waals surface area contributed by atoms with E-state index >= 15 is 0 Å². The zero-order chi connectivity index (χ0) is 15.4. The van der Waals surface area contributed by atoms with Gasteiger partial charge in [-0.3, -0.25) is 14.4 Å². The summed E-state index contributed by atoms with van der Waals surface area (Å²) in [6.45, 7) is 1.49. The Bertz CT molecular complexity index is 637. The Labute approximate surface area is 121 Å². The first-order valence-corrected chi connectivity index (χ1v) is 6.31. The van der Waals surface area contributed by atoms with Gasteiger partial charge in [-0.15, -0.1) is 0 Å². The van der Waals surface area contributed by atoms with Crippen LogP contribution in [0.25, 0.3) is 6.08 Å². The largest absolute Gasteiger partial charge is 0.497 e. The number of carbonyl (C=O) groups excluding carboxylic acids is 3. The van der Waals surface area contributed by atoms with Crippen molar-refractivity contribution in [1.29, 1.82) is 0 Å². The smallest absolute Gasteiger partial charge is 0.329 e. The second kappa shape index (κ2) is 6.17. The maximum atomic E-state index is 12.0. The number of methoxy groups -OCH3 is 1. The molecule has 1 heterocycles. The van der Waals surface area contributed by atoms with Gasteiger partial charge in [0.05, 0.1) is 7.11 Å². The summed E-state index contributed by atoms with van der Waals surface area (Å²) in [7, 11) is 1.56. The van der Waals surface area contributed by atoms with Crippen molar-refractivity contribution in [3.63, 3.8) is 0 Å². The molecular weight excluding hydrogens is 272 g/mol. The molecule has 5 nitrogen and oxygen atoms in total. The molecule has 1 aliphatic heterocycles. The molecule has 2 rings (SSSR count). The number of hydrogen-bond acceptors (Lipinski definition) is 5. The Kier molecular flexibility index (Phi) is 4.33. The Morgan fingerprint density at radius 3 is 2.48 bits per heavy atom. The van der Waals surface area contributed by atoms with Crippen LogP contribution in [0.1, 0.15) is 12.5 Å². The second-order valence-corrected chi connectivity index (χ2v) is 4.52. The monoisotopic (exact) mass is 286 g/mol. The average molecular weight is 286 g/mol. The average Bonchev–Trinajstić information content (AvgIpc) is 2.44. The maximum absolute atomic E-state index is 12.0. The molecule has 0 fully saturated rings. The van der Waals surface area contributed by atoms with Crippen molar-refractivity contribution < 1.29 is 23.9 Å². The number of ether oxygens (including phenoxy) is 2. The van der Waals surface area contributed by atoms with Crippen molar-refractivity contribution in [2.24, 2.45) is 5.92 Å². The van der Waals surface area contributed by atoms with Crippen molar-refractivity contribution in [2.75, 3.05) is 7.11 Å². The lowest BCUT2D eigenvalue weighted by Gasteiger charge is -2.15. The highest BCUT2D eigenvalue weighted by Gasteiger charge is 2.36. The molecule has 5 heteroatoms. The third-order valence-corrected chi connectivity index (χ3v) is 2.97. The maximum Gasteiger partial charge on any atom is 0.329 e. The lowest BCUT2D eigenvalue weighted by Crippen LogP contribution is -2.34. The quantitative estimate of drug-likeness (QED) is 0.480.